The summed E-state index contributed by atoms with van der Waals surface area (Å²) in [6.07, 6.45) is 4.80. The van der Waals surface area contributed by atoms with Crippen LogP contribution in [-0.4, -0.2) is 55.2 Å². The van der Waals surface area contributed by atoms with E-state index >= 15 is 0 Å². The Morgan fingerprint density at radius 2 is 1.58 bits per heavy atom. The summed E-state index contributed by atoms with van der Waals surface area (Å²) in [6, 6.07) is 15.7. The molecule has 1 aliphatic heterocycles. The molecule has 1 heterocycles. The van der Waals surface area contributed by atoms with Gasteiger partial charge in [-0.2, -0.15) is 4.31 Å². The van der Waals surface area contributed by atoms with Crippen molar-refractivity contribution in [3.8, 4) is 0 Å². The van der Waals surface area contributed by atoms with Crippen LogP contribution in [0.5, 0.6) is 0 Å². The highest BCUT2D eigenvalue weighted by molar-refractivity contribution is 7.89. The van der Waals surface area contributed by atoms with Crippen molar-refractivity contribution in [3.63, 3.8) is 0 Å². The third-order valence-corrected chi connectivity index (χ3v) is 8.11. The quantitative estimate of drug-likeness (QED) is 0.673. The maximum Gasteiger partial charge on any atom is 0.255 e. The fourth-order valence-electron chi connectivity index (χ4n) is 4.36. The maximum atomic E-state index is 13.5. The molecule has 0 spiro atoms. The van der Waals surface area contributed by atoms with E-state index in [4.69, 9.17) is 0 Å². The molecule has 7 heteroatoms. The summed E-state index contributed by atoms with van der Waals surface area (Å²) in [5.74, 6) is -0.213. The van der Waals surface area contributed by atoms with Crippen LogP contribution in [0.1, 0.15) is 49.4 Å². The number of carbonyl (C=O) groups excluding carboxylic acids is 1. The SMILES string of the molecule is CCCN1CCC(N(C2CC2)S(=O)(=O)c2ccc(NC(=O)c3ccccc3)cc2)CC1. The summed E-state index contributed by atoms with van der Waals surface area (Å²) in [5.41, 5.74) is 1.15. The highest BCUT2D eigenvalue weighted by Crippen LogP contribution is 2.37. The Hall–Kier alpha value is -2.22. The molecule has 1 amide bonds. The molecule has 166 valence electrons. The number of sulfonamides is 1. The lowest BCUT2D eigenvalue weighted by molar-refractivity contribution is 0.102. The highest BCUT2D eigenvalue weighted by atomic mass is 32.2. The summed E-state index contributed by atoms with van der Waals surface area (Å²) in [5, 5.41) is 2.83. The van der Waals surface area contributed by atoms with Crippen LogP contribution >= 0.6 is 0 Å². The molecule has 0 atom stereocenters. The van der Waals surface area contributed by atoms with Gasteiger partial charge in [0.05, 0.1) is 4.90 Å². The molecular weight excluding hydrogens is 410 g/mol. The van der Waals surface area contributed by atoms with E-state index in [1.165, 1.54) is 0 Å². The maximum absolute atomic E-state index is 13.5. The molecule has 0 aromatic heterocycles. The van der Waals surface area contributed by atoms with Crippen molar-refractivity contribution in [3.05, 3.63) is 60.2 Å². The Morgan fingerprint density at radius 3 is 2.16 bits per heavy atom. The van der Waals surface area contributed by atoms with Crippen molar-refractivity contribution in [2.24, 2.45) is 0 Å². The van der Waals surface area contributed by atoms with E-state index in [0.29, 0.717) is 16.1 Å². The zero-order chi connectivity index (χ0) is 21.8. The monoisotopic (exact) mass is 441 g/mol. The number of nitrogens with zero attached hydrogens (tertiary/aromatic N) is 2. The molecule has 0 unspecified atom stereocenters. The molecule has 2 aliphatic rings. The first-order chi connectivity index (χ1) is 15.0. The van der Waals surface area contributed by atoms with Gasteiger partial charge in [-0.15, -0.1) is 0 Å². The van der Waals surface area contributed by atoms with Crippen LogP contribution in [-0.2, 0) is 10.0 Å². The highest BCUT2D eigenvalue weighted by Gasteiger charge is 2.43. The molecule has 1 saturated carbocycles. The fourth-order valence-corrected chi connectivity index (χ4v) is 6.29. The third-order valence-electron chi connectivity index (χ3n) is 6.09. The number of amides is 1. The van der Waals surface area contributed by atoms with Crippen molar-refractivity contribution in [1.29, 1.82) is 0 Å². The minimum absolute atomic E-state index is 0.0723. The van der Waals surface area contributed by atoms with E-state index in [1.54, 1.807) is 40.7 Å². The Bertz CT molecular complexity index is 980. The van der Waals surface area contributed by atoms with E-state index in [0.717, 1.165) is 51.7 Å². The standard InChI is InChI=1S/C24H31N3O3S/c1-2-16-26-17-14-22(15-18-26)27(21-10-11-21)31(29,30)23-12-8-20(9-13-23)25-24(28)19-6-4-3-5-7-19/h3-9,12-13,21-22H,2,10-11,14-18H2,1H3,(H,25,28). The second kappa shape index (κ2) is 9.51. The summed E-state index contributed by atoms with van der Waals surface area (Å²) in [7, 11) is -3.56. The minimum Gasteiger partial charge on any atom is -0.322 e. The summed E-state index contributed by atoms with van der Waals surface area (Å²) in [6.45, 7) is 5.18. The molecule has 2 aromatic carbocycles. The molecule has 1 aliphatic carbocycles. The average molecular weight is 442 g/mol. The van der Waals surface area contributed by atoms with Gasteiger partial charge in [-0.1, -0.05) is 25.1 Å². The van der Waals surface area contributed by atoms with Gasteiger partial charge in [0.1, 0.15) is 0 Å². The van der Waals surface area contributed by atoms with E-state index in [9.17, 15) is 13.2 Å². The van der Waals surface area contributed by atoms with Gasteiger partial charge in [0.2, 0.25) is 10.0 Å². The molecular formula is C24H31N3O3S. The zero-order valence-electron chi connectivity index (χ0n) is 18.0. The lowest BCUT2D eigenvalue weighted by Gasteiger charge is -2.38. The minimum atomic E-state index is -3.56. The van der Waals surface area contributed by atoms with Gasteiger partial charge < -0.3 is 10.2 Å². The molecule has 0 radical (unpaired) electrons. The Labute approximate surface area is 185 Å². The molecule has 31 heavy (non-hydrogen) atoms. The zero-order valence-corrected chi connectivity index (χ0v) is 18.9. The van der Waals surface area contributed by atoms with Crippen molar-refractivity contribution in [2.45, 2.75) is 56.0 Å². The van der Waals surface area contributed by atoms with Crippen LogP contribution in [0, 0.1) is 0 Å². The molecule has 2 aromatic rings. The van der Waals surface area contributed by atoms with E-state index in [2.05, 4.69) is 17.1 Å². The summed E-state index contributed by atoms with van der Waals surface area (Å²) < 4.78 is 28.8. The van der Waals surface area contributed by atoms with Crippen molar-refractivity contribution < 1.29 is 13.2 Å². The molecule has 0 bridgehead atoms. The van der Waals surface area contributed by atoms with Crippen molar-refractivity contribution in [1.82, 2.24) is 9.21 Å². The average Bonchev–Trinajstić information content (AvgIpc) is 3.61. The first-order valence-corrected chi connectivity index (χ1v) is 12.7. The van der Waals surface area contributed by atoms with Crippen molar-refractivity contribution >= 4 is 21.6 Å². The Morgan fingerprint density at radius 1 is 0.968 bits per heavy atom. The normalized spacial score (nSPS) is 18.3. The van der Waals surface area contributed by atoms with E-state index in [1.807, 2.05) is 18.2 Å². The largest absolute Gasteiger partial charge is 0.322 e. The van der Waals surface area contributed by atoms with Gasteiger partial charge in [-0.05, 0) is 88.1 Å². The van der Waals surface area contributed by atoms with E-state index in [-0.39, 0.29) is 18.0 Å². The first-order valence-electron chi connectivity index (χ1n) is 11.2. The van der Waals surface area contributed by atoms with E-state index < -0.39 is 10.0 Å². The first kappa shape index (κ1) is 22.0. The molecule has 2 fully saturated rings. The summed E-state index contributed by atoms with van der Waals surface area (Å²) in [4.78, 5) is 15.1. The van der Waals surface area contributed by atoms with Crippen LogP contribution in [0.15, 0.2) is 59.5 Å². The number of hydrogen-bond acceptors (Lipinski definition) is 4. The molecule has 1 N–H and O–H groups in total. The van der Waals surface area contributed by atoms with Gasteiger partial charge in [-0.25, -0.2) is 8.42 Å². The van der Waals surface area contributed by atoms with Crippen LogP contribution in [0.3, 0.4) is 0 Å². The smallest absolute Gasteiger partial charge is 0.255 e. The number of carbonyl (C=O) groups is 1. The van der Waals surface area contributed by atoms with Gasteiger partial charge in [-0.3, -0.25) is 4.79 Å². The Kier molecular flexibility index (Phi) is 6.74. The number of benzene rings is 2. The lowest BCUT2D eigenvalue weighted by Crippen LogP contribution is -2.48. The molecule has 4 rings (SSSR count). The number of anilines is 1. The van der Waals surface area contributed by atoms with Crippen molar-refractivity contribution in [2.75, 3.05) is 25.0 Å². The van der Waals surface area contributed by atoms with Crippen LogP contribution < -0.4 is 5.32 Å². The fraction of sp³-hybridized carbons (Fsp3) is 0.458. The second-order valence-corrected chi connectivity index (χ2v) is 10.3. The topological polar surface area (TPSA) is 69.7 Å². The number of rotatable bonds is 8. The van der Waals surface area contributed by atoms with Gasteiger partial charge in [0, 0.05) is 23.3 Å². The van der Waals surface area contributed by atoms with Crippen LogP contribution in [0.4, 0.5) is 5.69 Å². The predicted molar refractivity (Wildman–Crippen MR) is 123 cm³/mol. The second-order valence-electron chi connectivity index (χ2n) is 8.48. The molecule has 1 saturated heterocycles. The number of piperidine rings is 1. The third kappa shape index (κ3) is 5.17. The van der Waals surface area contributed by atoms with Gasteiger partial charge in [0.25, 0.3) is 5.91 Å². The molecule has 6 nitrogen and oxygen atoms in total. The predicted octanol–water partition coefficient (Wildman–Crippen LogP) is 3.97. The van der Waals surface area contributed by atoms with Crippen LogP contribution in [0.25, 0.3) is 0 Å². The van der Waals surface area contributed by atoms with Gasteiger partial charge >= 0.3 is 0 Å². The lowest BCUT2D eigenvalue weighted by atomic mass is 10.0. The number of nitrogens with one attached hydrogen (secondary N) is 1. The van der Waals surface area contributed by atoms with Gasteiger partial charge in [0.15, 0.2) is 0 Å². The van der Waals surface area contributed by atoms with Crippen LogP contribution in [0.2, 0.25) is 0 Å². The number of likely N-dealkylation sites (tertiary alicyclic amines) is 1. The summed E-state index contributed by atoms with van der Waals surface area (Å²) >= 11 is 0. The number of hydrogen-bond donors (Lipinski definition) is 1. The Balaban J connectivity index is 1.46.